The van der Waals surface area contributed by atoms with E-state index in [1.165, 1.54) is 10.7 Å². The molecule has 0 spiro atoms. The van der Waals surface area contributed by atoms with Crippen LogP contribution in [-0.2, 0) is 7.05 Å². The Balaban J connectivity index is 1.38. The van der Waals surface area contributed by atoms with E-state index in [9.17, 15) is 14.3 Å². The van der Waals surface area contributed by atoms with Crippen LogP contribution in [0.2, 0.25) is 0 Å². The van der Waals surface area contributed by atoms with Crippen LogP contribution in [0.4, 0.5) is 15.8 Å². The molecular weight excluding hydrogens is 501 g/mol. The number of benzene rings is 2. The van der Waals surface area contributed by atoms with Crippen molar-refractivity contribution in [1.29, 1.82) is 0 Å². The largest absolute Gasteiger partial charge is 0.460 e. The molecule has 10 nitrogen and oxygen atoms in total. The SMILES string of the molecule is C[C@@H]1CN(c2ccc(C(=O)Nc3cc(F)c4nn(C)cc4c3)c3nc(O[C@H]4CC[C@@H](O)C4)ncc23)C[C@@H](C)N1. The van der Waals surface area contributed by atoms with Crippen molar-refractivity contribution in [1.82, 2.24) is 25.1 Å². The molecule has 1 saturated carbocycles. The molecule has 6 rings (SSSR count). The molecule has 204 valence electrons. The summed E-state index contributed by atoms with van der Waals surface area (Å²) in [6, 6.07) is 7.38. The number of aliphatic hydroxyl groups excluding tert-OH is 1. The Morgan fingerprint density at radius 3 is 2.72 bits per heavy atom. The fourth-order valence-electron chi connectivity index (χ4n) is 5.78. The third kappa shape index (κ3) is 5.11. The van der Waals surface area contributed by atoms with Gasteiger partial charge in [-0.05, 0) is 51.0 Å². The fourth-order valence-corrected chi connectivity index (χ4v) is 5.78. The maximum atomic E-state index is 14.7. The molecule has 1 amide bonds. The summed E-state index contributed by atoms with van der Waals surface area (Å²) in [5.41, 5.74) is 2.29. The number of fused-ring (bicyclic) bond motifs is 2. The fraction of sp³-hybridized carbons (Fsp3) is 0.429. The number of aliphatic hydroxyl groups is 1. The maximum Gasteiger partial charge on any atom is 0.317 e. The van der Waals surface area contributed by atoms with Gasteiger partial charge in [0, 0.05) is 73.2 Å². The molecule has 4 atom stereocenters. The van der Waals surface area contributed by atoms with E-state index in [0.29, 0.717) is 47.1 Å². The van der Waals surface area contributed by atoms with Gasteiger partial charge in [-0.15, -0.1) is 0 Å². The standard InChI is InChI=1S/C28H32FN7O3/c1-15-12-36(13-16(2)31-15)24-7-6-21(26-22(24)11-30-28(33-26)39-20-5-4-19(37)10-20)27(38)32-18-8-17-14-35(3)34-25(17)23(29)9-18/h6-9,11,14-16,19-20,31,37H,4-5,10,12-13H2,1-3H3,(H,32,38)/t15-,16-,19-,20+/m1/s1. The Hall–Kier alpha value is -3.83. The van der Waals surface area contributed by atoms with Gasteiger partial charge in [-0.3, -0.25) is 9.48 Å². The number of amides is 1. The van der Waals surface area contributed by atoms with E-state index in [1.807, 2.05) is 6.07 Å². The lowest BCUT2D eigenvalue weighted by Crippen LogP contribution is -2.54. The molecule has 39 heavy (non-hydrogen) atoms. The monoisotopic (exact) mass is 533 g/mol. The van der Waals surface area contributed by atoms with E-state index in [-0.39, 0.29) is 17.6 Å². The number of piperazine rings is 1. The second-order valence-corrected chi connectivity index (χ2v) is 10.8. The highest BCUT2D eigenvalue weighted by molar-refractivity contribution is 6.14. The highest BCUT2D eigenvalue weighted by Gasteiger charge is 2.27. The van der Waals surface area contributed by atoms with Crippen LogP contribution < -0.4 is 20.3 Å². The third-order valence-corrected chi connectivity index (χ3v) is 7.41. The van der Waals surface area contributed by atoms with Gasteiger partial charge in [0.15, 0.2) is 5.82 Å². The first-order valence-corrected chi connectivity index (χ1v) is 13.3. The number of hydrogen-bond donors (Lipinski definition) is 3. The number of aromatic nitrogens is 4. The van der Waals surface area contributed by atoms with Crippen LogP contribution in [0.1, 0.15) is 43.5 Å². The average molecular weight is 534 g/mol. The number of aryl methyl sites for hydroxylation is 1. The van der Waals surface area contributed by atoms with Gasteiger partial charge in [-0.1, -0.05) is 0 Å². The molecule has 11 heteroatoms. The minimum absolute atomic E-state index is 0.165. The van der Waals surface area contributed by atoms with Gasteiger partial charge < -0.3 is 25.4 Å². The average Bonchev–Trinajstić information content (AvgIpc) is 3.47. The summed E-state index contributed by atoms with van der Waals surface area (Å²) < 4.78 is 22.2. The summed E-state index contributed by atoms with van der Waals surface area (Å²) in [5, 5.41) is 21.7. The van der Waals surface area contributed by atoms with E-state index >= 15 is 0 Å². The molecule has 1 aliphatic carbocycles. The topological polar surface area (TPSA) is 117 Å². The molecule has 3 heterocycles. The molecule has 4 aromatic rings. The quantitative estimate of drug-likeness (QED) is 0.358. The maximum absolute atomic E-state index is 14.7. The molecule has 1 aliphatic heterocycles. The summed E-state index contributed by atoms with van der Waals surface area (Å²) in [7, 11) is 1.72. The van der Waals surface area contributed by atoms with E-state index < -0.39 is 17.8 Å². The van der Waals surface area contributed by atoms with Gasteiger partial charge in [0.2, 0.25) is 0 Å². The van der Waals surface area contributed by atoms with Gasteiger partial charge >= 0.3 is 6.01 Å². The van der Waals surface area contributed by atoms with Gasteiger partial charge in [0.05, 0.1) is 17.2 Å². The Bertz CT molecular complexity index is 1550. The third-order valence-electron chi connectivity index (χ3n) is 7.41. The second-order valence-electron chi connectivity index (χ2n) is 10.8. The van der Waals surface area contributed by atoms with Crippen molar-refractivity contribution in [3.8, 4) is 6.01 Å². The number of rotatable bonds is 5. The molecule has 1 saturated heterocycles. The van der Waals surface area contributed by atoms with Crippen molar-refractivity contribution in [3.05, 3.63) is 48.0 Å². The number of ether oxygens (including phenoxy) is 1. The van der Waals surface area contributed by atoms with E-state index in [4.69, 9.17) is 4.74 Å². The molecule has 3 N–H and O–H groups in total. The Labute approximate surface area is 225 Å². The lowest BCUT2D eigenvalue weighted by Gasteiger charge is -2.38. The normalized spacial score (nSPS) is 23.5. The number of nitrogens with zero attached hydrogens (tertiary/aromatic N) is 5. The Morgan fingerprint density at radius 1 is 1.18 bits per heavy atom. The lowest BCUT2D eigenvalue weighted by molar-refractivity contribution is 0.102. The zero-order valence-electron chi connectivity index (χ0n) is 22.2. The van der Waals surface area contributed by atoms with Crippen molar-refractivity contribution >= 4 is 39.1 Å². The minimum atomic E-state index is -0.512. The lowest BCUT2D eigenvalue weighted by atomic mass is 10.0. The first kappa shape index (κ1) is 25.4. The van der Waals surface area contributed by atoms with Crippen molar-refractivity contribution in [3.63, 3.8) is 0 Å². The highest BCUT2D eigenvalue weighted by Crippen LogP contribution is 2.32. The molecule has 0 radical (unpaired) electrons. The van der Waals surface area contributed by atoms with Crippen molar-refractivity contribution < 1.29 is 19.0 Å². The van der Waals surface area contributed by atoms with Gasteiger partial charge in [0.1, 0.15) is 11.6 Å². The Kier molecular flexibility index (Phi) is 6.56. The van der Waals surface area contributed by atoms with Crippen molar-refractivity contribution in [2.45, 2.75) is 57.4 Å². The summed E-state index contributed by atoms with van der Waals surface area (Å²) in [5.74, 6) is -0.931. The van der Waals surface area contributed by atoms with Gasteiger partial charge in [-0.2, -0.15) is 10.1 Å². The minimum Gasteiger partial charge on any atom is -0.460 e. The highest BCUT2D eigenvalue weighted by atomic mass is 19.1. The van der Waals surface area contributed by atoms with Crippen LogP contribution in [-0.4, -0.2) is 68.1 Å². The number of carbonyl (C=O) groups excluding carboxylic acids is 1. The van der Waals surface area contributed by atoms with Gasteiger partial charge in [0.25, 0.3) is 5.91 Å². The van der Waals surface area contributed by atoms with E-state index in [2.05, 4.69) is 44.4 Å². The smallest absolute Gasteiger partial charge is 0.317 e. The number of anilines is 2. The van der Waals surface area contributed by atoms with Crippen molar-refractivity contribution in [2.24, 2.45) is 7.05 Å². The second kappa shape index (κ2) is 10.0. The number of carbonyl (C=O) groups is 1. The van der Waals surface area contributed by atoms with Gasteiger partial charge in [-0.25, -0.2) is 9.37 Å². The van der Waals surface area contributed by atoms with Crippen LogP contribution in [0, 0.1) is 5.82 Å². The predicted molar refractivity (Wildman–Crippen MR) is 147 cm³/mol. The molecule has 2 fully saturated rings. The zero-order valence-corrected chi connectivity index (χ0v) is 22.2. The van der Waals surface area contributed by atoms with E-state index in [0.717, 1.165) is 30.6 Å². The Morgan fingerprint density at radius 2 is 1.97 bits per heavy atom. The summed E-state index contributed by atoms with van der Waals surface area (Å²) in [4.78, 5) is 25.0. The van der Waals surface area contributed by atoms with Crippen LogP contribution in [0.3, 0.4) is 0 Å². The molecular formula is C28H32FN7O3. The molecule has 2 aliphatic rings. The first-order valence-electron chi connectivity index (χ1n) is 13.3. The molecule has 0 bridgehead atoms. The first-order chi connectivity index (χ1) is 18.7. The summed E-state index contributed by atoms with van der Waals surface area (Å²) in [6.45, 7) is 5.88. The van der Waals surface area contributed by atoms with E-state index in [1.54, 1.807) is 31.6 Å². The number of hydrogen-bond acceptors (Lipinski definition) is 8. The van der Waals surface area contributed by atoms with Crippen LogP contribution in [0.5, 0.6) is 6.01 Å². The van der Waals surface area contributed by atoms with Crippen LogP contribution in [0.15, 0.2) is 36.7 Å². The zero-order chi connectivity index (χ0) is 27.3. The van der Waals surface area contributed by atoms with Crippen LogP contribution in [0.25, 0.3) is 21.8 Å². The predicted octanol–water partition coefficient (Wildman–Crippen LogP) is 3.39. The molecule has 2 aromatic heterocycles. The molecule has 2 aromatic carbocycles. The molecule has 0 unspecified atom stereocenters. The van der Waals surface area contributed by atoms with Crippen LogP contribution >= 0.6 is 0 Å². The summed E-state index contributed by atoms with van der Waals surface area (Å²) >= 11 is 0. The number of nitrogens with one attached hydrogen (secondary N) is 2. The number of halogens is 1. The van der Waals surface area contributed by atoms with Crippen molar-refractivity contribution in [2.75, 3.05) is 23.3 Å². The summed E-state index contributed by atoms with van der Waals surface area (Å²) in [6.07, 6.45) is 4.74.